The van der Waals surface area contributed by atoms with Crippen molar-refractivity contribution in [3.8, 4) is 16.8 Å². The van der Waals surface area contributed by atoms with Gasteiger partial charge in [-0.1, -0.05) is 46.3 Å². The molecule has 0 aliphatic rings. The van der Waals surface area contributed by atoms with Crippen LogP contribution in [0.1, 0.15) is 11.1 Å². The summed E-state index contributed by atoms with van der Waals surface area (Å²) in [7, 11) is 0. The fourth-order valence-electron chi connectivity index (χ4n) is 3.97. The molecule has 1 N–H and O–H groups in total. The Hall–Kier alpha value is -3.98. The highest BCUT2D eigenvalue weighted by Gasteiger charge is 2.34. The molecule has 0 saturated heterocycles. The van der Waals surface area contributed by atoms with Crippen molar-refractivity contribution >= 4 is 38.7 Å². The van der Waals surface area contributed by atoms with Crippen LogP contribution in [-0.4, -0.2) is 20.4 Å². The van der Waals surface area contributed by atoms with Crippen LogP contribution in [-0.2, 0) is 17.4 Å². The molecule has 1 amide bonds. The van der Waals surface area contributed by atoms with Gasteiger partial charge in [0, 0.05) is 22.0 Å². The molecule has 5 nitrogen and oxygen atoms in total. The van der Waals surface area contributed by atoms with Crippen LogP contribution in [0.4, 0.5) is 18.9 Å². The Morgan fingerprint density at radius 3 is 2.50 bits per heavy atom. The van der Waals surface area contributed by atoms with E-state index in [0.717, 1.165) is 28.5 Å². The molecule has 0 fully saturated rings. The number of nitrogens with zero attached hydrogens (tertiary/aromatic N) is 3. The number of benzene rings is 3. The van der Waals surface area contributed by atoms with Gasteiger partial charge in [-0.15, -0.1) is 0 Å². The van der Waals surface area contributed by atoms with Crippen LogP contribution in [0.25, 0.3) is 28.0 Å². The molecule has 2 aromatic heterocycles. The highest BCUT2D eigenvalue weighted by molar-refractivity contribution is 9.10. The number of alkyl halides is 3. The van der Waals surface area contributed by atoms with Crippen LogP contribution < -0.4 is 5.32 Å². The van der Waals surface area contributed by atoms with Crippen molar-refractivity contribution in [2.24, 2.45) is 0 Å². The number of carbonyl (C=O) groups excluding carboxylic acids is 1. The number of carbonyl (C=O) groups is 1. The van der Waals surface area contributed by atoms with Crippen molar-refractivity contribution in [2.75, 3.05) is 5.32 Å². The number of anilines is 1. The number of imidazole rings is 1. The molecule has 36 heavy (non-hydrogen) atoms. The van der Waals surface area contributed by atoms with Crippen molar-refractivity contribution in [3.05, 3.63) is 107 Å². The number of fused-ring (bicyclic) bond motifs is 1. The predicted molar refractivity (Wildman–Crippen MR) is 136 cm³/mol. The average molecular weight is 551 g/mol. The number of amides is 1. The number of hydrogen-bond acceptors (Lipinski definition) is 3. The number of rotatable bonds is 5. The Balaban J connectivity index is 1.33. The summed E-state index contributed by atoms with van der Waals surface area (Å²) in [6.07, 6.45) is -1.21. The van der Waals surface area contributed by atoms with Crippen molar-refractivity contribution in [3.63, 3.8) is 0 Å². The van der Waals surface area contributed by atoms with Crippen molar-refractivity contribution in [1.29, 1.82) is 0 Å². The minimum atomic E-state index is -4.58. The monoisotopic (exact) mass is 550 g/mol. The van der Waals surface area contributed by atoms with Gasteiger partial charge in [0.25, 0.3) is 0 Å². The number of hydrogen-bond donors (Lipinski definition) is 1. The third-order valence-electron chi connectivity index (χ3n) is 5.63. The zero-order chi connectivity index (χ0) is 25.3. The van der Waals surface area contributed by atoms with E-state index in [1.54, 1.807) is 48.9 Å². The molecule has 0 saturated carbocycles. The van der Waals surface area contributed by atoms with Crippen LogP contribution in [0.3, 0.4) is 0 Å². The lowest BCUT2D eigenvalue weighted by atomic mass is 9.98. The lowest BCUT2D eigenvalue weighted by Crippen LogP contribution is -2.16. The molecule has 9 heteroatoms. The first kappa shape index (κ1) is 23.7. The molecular weight excluding hydrogens is 533 g/mol. The van der Waals surface area contributed by atoms with E-state index >= 15 is 0 Å². The van der Waals surface area contributed by atoms with Crippen LogP contribution >= 0.6 is 15.9 Å². The Kier molecular flexibility index (Phi) is 6.32. The number of halogens is 4. The van der Waals surface area contributed by atoms with E-state index in [2.05, 4.69) is 31.2 Å². The molecule has 0 radical (unpaired) electrons. The fraction of sp³-hybridized carbons (Fsp3) is 0.0741. The van der Waals surface area contributed by atoms with E-state index < -0.39 is 17.6 Å². The summed E-state index contributed by atoms with van der Waals surface area (Å²) in [5.74, 6) is -0.416. The third-order valence-corrected chi connectivity index (χ3v) is 6.12. The first-order chi connectivity index (χ1) is 17.3. The summed E-state index contributed by atoms with van der Waals surface area (Å²) < 4.78 is 44.0. The molecule has 0 atom stereocenters. The van der Waals surface area contributed by atoms with Gasteiger partial charge in [-0.05, 0) is 65.2 Å². The Labute approximate surface area is 212 Å². The molecule has 0 spiro atoms. The van der Waals surface area contributed by atoms with E-state index in [-0.39, 0.29) is 17.7 Å². The van der Waals surface area contributed by atoms with Crippen LogP contribution in [0.5, 0.6) is 0 Å². The summed E-state index contributed by atoms with van der Waals surface area (Å²) in [5, 5.41) is 2.59. The van der Waals surface area contributed by atoms with Gasteiger partial charge in [0.2, 0.25) is 5.91 Å². The Morgan fingerprint density at radius 1 is 0.944 bits per heavy atom. The summed E-state index contributed by atoms with van der Waals surface area (Å²) in [4.78, 5) is 21.3. The summed E-state index contributed by atoms with van der Waals surface area (Å²) >= 11 is 3.29. The predicted octanol–water partition coefficient (Wildman–Crippen LogP) is 7.05. The second kappa shape index (κ2) is 9.58. The molecule has 180 valence electrons. The minimum absolute atomic E-state index is 0.0118. The topological polar surface area (TPSA) is 59.8 Å². The fourth-order valence-corrected chi connectivity index (χ4v) is 4.37. The number of aromatic nitrogens is 3. The van der Waals surface area contributed by atoms with E-state index in [0.29, 0.717) is 10.0 Å². The summed E-state index contributed by atoms with van der Waals surface area (Å²) in [6, 6.07) is 21.4. The molecule has 0 unspecified atom stereocenters. The smallest absolute Gasteiger partial charge is 0.326 e. The average Bonchev–Trinajstić information content (AvgIpc) is 3.28. The van der Waals surface area contributed by atoms with E-state index in [4.69, 9.17) is 0 Å². The largest absolute Gasteiger partial charge is 0.417 e. The molecule has 2 heterocycles. The molecule has 0 aliphatic carbocycles. The second-order valence-corrected chi connectivity index (χ2v) is 9.04. The molecule has 5 rings (SSSR count). The second-order valence-electron chi connectivity index (χ2n) is 8.12. The first-order valence-electron chi connectivity index (χ1n) is 10.9. The van der Waals surface area contributed by atoms with Gasteiger partial charge >= 0.3 is 6.18 Å². The van der Waals surface area contributed by atoms with Gasteiger partial charge in [-0.2, -0.15) is 13.2 Å². The minimum Gasteiger partial charge on any atom is -0.326 e. The van der Waals surface area contributed by atoms with Gasteiger partial charge in [0.05, 0.1) is 12.0 Å². The maximum Gasteiger partial charge on any atom is 0.417 e. The van der Waals surface area contributed by atoms with Crippen LogP contribution in [0.15, 0.2) is 95.9 Å². The van der Waals surface area contributed by atoms with Crippen LogP contribution in [0, 0.1) is 0 Å². The van der Waals surface area contributed by atoms with Gasteiger partial charge < -0.3 is 5.32 Å². The maximum atomic E-state index is 13.8. The lowest BCUT2D eigenvalue weighted by molar-refractivity contribution is -0.137. The normalized spacial score (nSPS) is 11.6. The molecule has 0 bridgehead atoms. The summed E-state index contributed by atoms with van der Waals surface area (Å²) in [5.41, 5.74) is 2.77. The Morgan fingerprint density at radius 2 is 1.75 bits per heavy atom. The molecular formula is C27H18BrF3N4O. The number of pyridine rings is 1. The van der Waals surface area contributed by atoms with E-state index in [1.165, 1.54) is 12.1 Å². The first-order valence-corrected chi connectivity index (χ1v) is 11.7. The SMILES string of the molecule is O=C(Cc1ccc(-n2cnc3cccnc32)cc1)Nc1ccc(-c2cccc(Br)c2)c(C(F)(F)F)c1. The molecule has 5 aromatic rings. The van der Waals surface area contributed by atoms with Crippen molar-refractivity contribution in [1.82, 2.24) is 14.5 Å². The maximum absolute atomic E-state index is 13.8. The summed E-state index contributed by atoms with van der Waals surface area (Å²) in [6.45, 7) is 0. The van der Waals surface area contributed by atoms with Crippen molar-refractivity contribution in [2.45, 2.75) is 12.6 Å². The van der Waals surface area contributed by atoms with Gasteiger partial charge in [-0.25, -0.2) is 9.97 Å². The van der Waals surface area contributed by atoms with Gasteiger partial charge in [0.15, 0.2) is 5.65 Å². The molecule has 0 aliphatic heterocycles. The highest BCUT2D eigenvalue weighted by Crippen LogP contribution is 2.39. The zero-order valence-corrected chi connectivity index (χ0v) is 20.2. The van der Waals surface area contributed by atoms with Gasteiger partial charge in [-0.3, -0.25) is 9.36 Å². The quantitative estimate of drug-likeness (QED) is 0.255. The number of nitrogens with one attached hydrogen (secondary N) is 1. The third kappa shape index (κ3) is 5.01. The van der Waals surface area contributed by atoms with E-state index in [9.17, 15) is 18.0 Å². The van der Waals surface area contributed by atoms with E-state index in [1.807, 2.05) is 28.8 Å². The Bertz CT molecular complexity index is 1560. The zero-order valence-electron chi connectivity index (χ0n) is 18.6. The highest BCUT2D eigenvalue weighted by atomic mass is 79.9. The van der Waals surface area contributed by atoms with Crippen molar-refractivity contribution < 1.29 is 18.0 Å². The standard InChI is InChI=1S/C27H18BrF3N4O/c28-19-4-1-3-18(14-19)22-11-8-20(15-23(22)27(29,30)31)34-25(36)13-17-6-9-21(10-7-17)35-16-33-24-5-2-12-32-26(24)35/h1-12,14-16H,13H2,(H,34,36). The van der Waals surface area contributed by atoms with Gasteiger partial charge in [0.1, 0.15) is 11.8 Å². The molecule has 3 aromatic carbocycles. The van der Waals surface area contributed by atoms with Crippen LogP contribution in [0.2, 0.25) is 0 Å². The lowest BCUT2D eigenvalue weighted by Gasteiger charge is -2.16.